The van der Waals surface area contributed by atoms with E-state index < -0.39 is 18.0 Å². The molecule has 16 nitrogen and oxygen atoms in total. The third-order valence-corrected chi connectivity index (χ3v) is 8.50. The van der Waals surface area contributed by atoms with E-state index in [2.05, 4.69) is 21.0 Å². The van der Waals surface area contributed by atoms with E-state index in [0.29, 0.717) is 64.6 Å². The van der Waals surface area contributed by atoms with Crippen molar-refractivity contribution in [2.75, 3.05) is 65.6 Å². The minimum absolute atomic E-state index is 0.00148. The van der Waals surface area contributed by atoms with Crippen molar-refractivity contribution in [3.8, 4) is 11.6 Å². The average molecular weight is 669 g/mol. The number of para-hydroxylation sites is 1. The van der Waals surface area contributed by atoms with Crippen molar-refractivity contribution in [3.05, 3.63) is 42.1 Å². The van der Waals surface area contributed by atoms with Crippen molar-refractivity contribution in [1.82, 2.24) is 40.6 Å². The van der Waals surface area contributed by atoms with Crippen molar-refractivity contribution >= 4 is 29.7 Å². The van der Waals surface area contributed by atoms with Gasteiger partial charge in [0.2, 0.25) is 17.7 Å². The van der Waals surface area contributed by atoms with Crippen LogP contribution in [0.4, 0.5) is 4.79 Å². The molecule has 2 aromatic rings. The molecule has 2 aliphatic heterocycles. The first-order valence-electron chi connectivity index (χ1n) is 16.5. The molecule has 16 heteroatoms. The summed E-state index contributed by atoms with van der Waals surface area (Å²) >= 11 is 0. The second kappa shape index (κ2) is 16.9. The van der Waals surface area contributed by atoms with Crippen LogP contribution in [0.2, 0.25) is 0 Å². The summed E-state index contributed by atoms with van der Waals surface area (Å²) in [5.74, 6) is -1.17. The lowest BCUT2D eigenvalue weighted by molar-refractivity contribution is -0.146. The number of nitrogens with zero attached hydrogens (tertiary/aromatic N) is 5. The van der Waals surface area contributed by atoms with Gasteiger partial charge in [0.25, 0.3) is 11.8 Å². The van der Waals surface area contributed by atoms with Gasteiger partial charge in [0.05, 0.1) is 31.9 Å². The molecule has 1 aromatic carbocycles. The van der Waals surface area contributed by atoms with Crippen LogP contribution in [-0.2, 0) is 24.0 Å². The Kier molecular flexibility index (Phi) is 12.2. The maximum Gasteiger partial charge on any atom is 0.426 e. The quantitative estimate of drug-likeness (QED) is 0.240. The molecule has 3 heterocycles. The predicted molar refractivity (Wildman–Crippen MR) is 171 cm³/mol. The summed E-state index contributed by atoms with van der Waals surface area (Å²) in [6.45, 7) is 4.30. The highest BCUT2D eigenvalue weighted by Gasteiger charge is 2.36. The zero-order chi connectivity index (χ0) is 33.9. The minimum atomic E-state index is -0.591. The fraction of sp³-hybridized carbons (Fsp3) is 0.562. The number of piperazine rings is 1. The topological polar surface area (TPSA) is 177 Å². The van der Waals surface area contributed by atoms with Crippen LogP contribution in [-0.4, -0.2) is 132 Å². The molecule has 0 radical (unpaired) electrons. The summed E-state index contributed by atoms with van der Waals surface area (Å²) in [6, 6.07) is 10.1. The van der Waals surface area contributed by atoms with E-state index >= 15 is 0 Å². The number of carbonyl (C=O) groups excluding carboxylic acids is 5. The van der Waals surface area contributed by atoms with Crippen LogP contribution >= 0.6 is 0 Å². The number of benzene rings is 1. The number of nitrogens with one attached hydrogen (secondary N) is 3. The van der Waals surface area contributed by atoms with Crippen LogP contribution in [0.25, 0.3) is 5.69 Å². The zero-order valence-corrected chi connectivity index (χ0v) is 27.2. The molecule has 3 N–H and O–H groups in total. The van der Waals surface area contributed by atoms with E-state index in [1.54, 1.807) is 34.1 Å². The Morgan fingerprint density at radius 2 is 1.69 bits per heavy atom. The summed E-state index contributed by atoms with van der Waals surface area (Å²) in [6.07, 6.45) is 3.78. The first-order chi connectivity index (χ1) is 23.3. The van der Waals surface area contributed by atoms with E-state index in [1.807, 2.05) is 13.0 Å². The van der Waals surface area contributed by atoms with Gasteiger partial charge in [-0.2, -0.15) is 5.10 Å². The fourth-order valence-corrected chi connectivity index (χ4v) is 5.64. The molecule has 0 unspecified atom stereocenters. The molecule has 0 bridgehead atoms. The molecule has 5 amide bonds. The van der Waals surface area contributed by atoms with Gasteiger partial charge < -0.3 is 40.1 Å². The van der Waals surface area contributed by atoms with Gasteiger partial charge in [-0.3, -0.25) is 19.2 Å². The van der Waals surface area contributed by atoms with E-state index in [4.69, 9.17) is 14.3 Å². The molecule has 48 heavy (non-hydrogen) atoms. The zero-order valence-electron chi connectivity index (χ0n) is 27.2. The third-order valence-electron chi connectivity index (χ3n) is 8.50. The maximum atomic E-state index is 13.2. The monoisotopic (exact) mass is 668 g/mol. The van der Waals surface area contributed by atoms with Crippen LogP contribution in [0.15, 0.2) is 36.4 Å². The summed E-state index contributed by atoms with van der Waals surface area (Å²) < 4.78 is 12.5. The molecule has 1 atom stereocenters. The van der Waals surface area contributed by atoms with Crippen LogP contribution in [0.1, 0.15) is 49.5 Å². The molecule has 260 valence electrons. The van der Waals surface area contributed by atoms with Crippen LogP contribution in [0, 0.1) is 0 Å². The van der Waals surface area contributed by atoms with Crippen LogP contribution in [0.5, 0.6) is 5.88 Å². The summed E-state index contributed by atoms with van der Waals surface area (Å²) in [5.41, 5.74) is 0.610. The van der Waals surface area contributed by atoms with Gasteiger partial charge in [-0.1, -0.05) is 18.2 Å². The summed E-state index contributed by atoms with van der Waals surface area (Å²) in [4.78, 5) is 72.3. The fourth-order valence-electron chi connectivity index (χ4n) is 5.64. The molecule has 3 fully saturated rings. The molecule has 5 rings (SSSR count). The first kappa shape index (κ1) is 34.6. The van der Waals surface area contributed by atoms with Gasteiger partial charge >= 0.3 is 6.09 Å². The van der Waals surface area contributed by atoms with Crippen molar-refractivity contribution in [3.63, 3.8) is 0 Å². The minimum Gasteiger partial charge on any atom is -0.467 e. The SMILES string of the molecule is CCOCCNC(=O)ON1CCN(C(=O)CNC(=O)c2cc(OCC(=O)N3CCC[C@H]3C(=O)NC3CCC3)n(-c3ccccc3)n2)CC1. The number of ether oxygens (including phenoxy) is 2. The van der Waals surface area contributed by atoms with Gasteiger partial charge in [0, 0.05) is 44.9 Å². The van der Waals surface area contributed by atoms with Gasteiger partial charge in [-0.25, -0.2) is 9.48 Å². The molecule has 1 aromatic heterocycles. The highest BCUT2D eigenvalue weighted by Crippen LogP contribution is 2.23. The molecular weight excluding hydrogens is 624 g/mol. The van der Waals surface area contributed by atoms with Crippen molar-refractivity contribution in [2.45, 2.75) is 51.1 Å². The Hall–Kier alpha value is -4.70. The molecule has 3 aliphatic rings. The molecule has 2 saturated heterocycles. The van der Waals surface area contributed by atoms with Crippen LogP contribution < -0.4 is 20.7 Å². The second-order valence-electron chi connectivity index (χ2n) is 11.8. The molecule has 1 saturated carbocycles. The van der Waals surface area contributed by atoms with Crippen molar-refractivity contribution < 1.29 is 38.3 Å². The Morgan fingerprint density at radius 3 is 2.40 bits per heavy atom. The summed E-state index contributed by atoms with van der Waals surface area (Å²) in [5, 5.41) is 14.1. The second-order valence-corrected chi connectivity index (χ2v) is 11.8. The smallest absolute Gasteiger partial charge is 0.426 e. The Labute approximate surface area is 279 Å². The van der Waals surface area contributed by atoms with E-state index in [-0.39, 0.29) is 48.5 Å². The number of hydroxylamine groups is 2. The molecular formula is C32H44N8O8. The first-order valence-corrected chi connectivity index (χ1v) is 16.5. The number of hydrogen-bond acceptors (Lipinski definition) is 10. The Balaban J connectivity index is 1.12. The van der Waals surface area contributed by atoms with Gasteiger partial charge in [0.1, 0.15) is 6.04 Å². The number of likely N-dealkylation sites (tertiary alicyclic amines) is 1. The molecule has 0 spiro atoms. The number of carbonyl (C=O) groups is 5. The standard InChI is InChI=1S/C32H44N8O8/c1-2-46-19-13-33-32(45)48-38-17-15-37(16-18-38)27(41)21-34-30(43)25-20-29(40(36-25)24-10-4-3-5-11-24)47-22-28(42)39-14-7-12-26(39)31(44)35-23-8-6-9-23/h3-5,10-11,20,23,26H,2,6-9,12-19,21-22H2,1H3,(H,33,45)(H,34,43)(H,35,44)/t26-/m0/s1. The number of hydrogen-bond donors (Lipinski definition) is 3. The number of aromatic nitrogens is 2. The third kappa shape index (κ3) is 9.22. The van der Waals surface area contributed by atoms with E-state index in [0.717, 1.165) is 25.7 Å². The van der Waals surface area contributed by atoms with Crippen molar-refractivity contribution in [2.24, 2.45) is 0 Å². The maximum absolute atomic E-state index is 13.2. The van der Waals surface area contributed by atoms with Crippen molar-refractivity contribution in [1.29, 1.82) is 0 Å². The molecule has 1 aliphatic carbocycles. The predicted octanol–water partition coefficient (Wildman–Crippen LogP) is 0.463. The van der Waals surface area contributed by atoms with E-state index in [1.165, 1.54) is 15.8 Å². The highest BCUT2D eigenvalue weighted by molar-refractivity contribution is 5.95. The lowest BCUT2D eigenvalue weighted by Crippen LogP contribution is -2.52. The van der Waals surface area contributed by atoms with Gasteiger partial charge in [-0.15, -0.1) is 5.06 Å². The largest absolute Gasteiger partial charge is 0.467 e. The summed E-state index contributed by atoms with van der Waals surface area (Å²) in [7, 11) is 0. The number of rotatable bonds is 14. The lowest BCUT2D eigenvalue weighted by Gasteiger charge is -2.33. The average Bonchev–Trinajstić information content (AvgIpc) is 3.75. The highest BCUT2D eigenvalue weighted by atomic mass is 16.7. The van der Waals surface area contributed by atoms with E-state index in [9.17, 15) is 24.0 Å². The van der Waals surface area contributed by atoms with Gasteiger partial charge in [-0.05, 0) is 51.2 Å². The number of amides is 5. The Morgan fingerprint density at radius 1 is 0.917 bits per heavy atom. The van der Waals surface area contributed by atoms with Gasteiger partial charge in [0.15, 0.2) is 12.3 Å². The van der Waals surface area contributed by atoms with Crippen LogP contribution in [0.3, 0.4) is 0 Å². The normalized spacial score (nSPS) is 18.1. The lowest BCUT2D eigenvalue weighted by atomic mass is 9.93. The Bertz CT molecular complexity index is 1420.